The number of aromatic amines is 1. The van der Waals surface area contributed by atoms with Crippen molar-refractivity contribution in [1.29, 1.82) is 0 Å². The largest absolute Gasteiger partial charge is 0.496 e. The number of nitrogens with one attached hydrogen (secondary N) is 1. The van der Waals surface area contributed by atoms with Crippen LogP contribution in [0, 0.1) is 6.92 Å². The van der Waals surface area contributed by atoms with Crippen LogP contribution in [-0.2, 0) is 0 Å². The maximum Gasteiger partial charge on any atom is 0.254 e. The summed E-state index contributed by atoms with van der Waals surface area (Å²) in [5.41, 5.74) is 3.71. The van der Waals surface area contributed by atoms with Crippen LogP contribution < -0.4 is 4.74 Å². The zero-order valence-electron chi connectivity index (χ0n) is 15.4. The van der Waals surface area contributed by atoms with Crippen LogP contribution in [0.2, 0.25) is 0 Å². The van der Waals surface area contributed by atoms with Gasteiger partial charge in [-0.1, -0.05) is 0 Å². The van der Waals surface area contributed by atoms with Crippen molar-refractivity contribution in [1.82, 2.24) is 14.9 Å². The number of aromatic nitrogens is 2. The Kier molecular flexibility index (Phi) is 4.39. The number of carbonyl (C=O) groups is 2. The molecule has 1 atom stereocenters. The molecule has 1 unspecified atom stereocenters. The summed E-state index contributed by atoms with van der Waals surface area (Å²) in [5, 5.41) is 0. The summed E-state index contributed by atoms with van der Waals surface area (Å²) in [7, 11) is 1.61. The van der Waals surface area contributed by atoms with Crippen LogP contribution >= 0.6 is 0 Å². The molecule has 3 aromatic rings. The Labute approximate surface area is 157 Å². The normalized spacial score (nSPS) is 16.7. The fourth-order valence-corrected chi connectivity index (χ4v) is 3.74. The summed E-state index contributed by atoms with van der Waals surface area (Å²) in [6.07, 6.45) is 3.11. The summed E-state index contributed by atoms with van der Waals surface area (Å²) in [6.45, 7) is 2.50. The van der Waals surface area contributed by atoms with Crippen molar-refractivity contribution in [2.24, 2.45) is 0 Å². The third-order valence-electron chi connectivity index (χ3n) is 5.16. The maximum absolute atomic E-state index is 13.1. The average Bonchev–Trinajstić information content (AvgIpc) is 3.35. The van der Waals surface area contributed by atoms with Gasteiger partial charge in [-0.2, -0.15) is 0 Å². The number of rotatable bonds is 4. The van der Waals surface area contributed by atoms with Crippen LogP contribution in [0.1, 0.15) is 39.1 Å². The first-order chi connectivity index (χ1) is 13.1. The van der Waals surface area contributed by atoms with E-state index in [9.17, 15) is 9.59 Å². The number of benzene rings is 2. The Hall–Kier alpha value is -3.15. The minimum absolute atomic E-state index is 0.0192. The molecule has 1 saturated heterocycles. The van der Waals surface area contributed by atoms with Crippen LogP contribution in [-0.4, -0.2) is 46.3 Å². The minimum Gasteiger partial charge on any atom is -0.496 e. The van der Waals surface area contributed by atoms with E-state index in [1.165, 1.54) is 0 Å². The molecule has 27 heavy (non-hydrogen) atoms. The average molecular weight is 363 g/mol. The van der Waals surface area contributed by atoms with Crippen LogP contribution in [0.4, 0.5) is 0 Å². The first-order valence-corrected chi connectivity index (χ1v) is 9.01. The van der Waals surface area contributed by atoms with Gasteiger partial charge in [0.2, 0.25) is 0 Å². The number of methoxy groups -OCH3 is 1. The van der Waals surface area contributed by atoms with Gasteiger partial charge in [-0.3, -0.25) is 9.59 Å². The lowest BCUT2D eigenvalue weighted by atomic mass is 9.99. The number of fused-ring (bicyclic) bond motifs is 1. The molecule has 1 N–H and O–H groups in total. The number of ketones is 1. The molecule has 2 aromatic carbocycles. The number of imidazole rings is 1. The van der Waals surface area contributed by atoms with Gasteiger partial charge in [0.25, 0.3) is 5.91 Å². The fourth-order valence-electron chi connectivity index (χ4n) is 3.74. The van der Waals surface area contributed by atoms with E-state index in [-0.39, 0.29) is 11.7 Å². The first kappa shape index (κ1) is 17.3. The van der Waals surface area contributed by atoms with Crippen molar-refractivity contribution in [3.63, 3.8) is 0 Å². The van der Waals surface area contributed by atoms with Crippen molar-refractivity contribution in [3.05, 3.63) is 59.4 Å². The maximum atomic E-state index is 13.1. The molecule has 138 valence electrons. The van der Waals surface area contributed by atoms with Gasteiger partial charge in [-0.15, -0.1) is 0 Å². The molecule has 0 radical (unpaired) electrons. The SMILES string of the molecule is COc1ccc(C(=O)C2CCCN2C(=O)c2ccc3nc[nH]c3c2)cc1C. The number of H-pyrrole nitrogens is 1. The van der Waals surface area contributed by atoms with Crippen molar-refractivity contribution < 1.29 is 14.3 Å². The molecule has 2 heterocycles. The zero-order chi connectivity index (χ0) is 19.0. The minimum atomic E-state index is -0.428. The van der Waals surface area contributed by atoms with E-state index < -0.39 is 6.04 Å². The number of likely N-dealkylation sites (tertiary alicyclic amines) is 1. The molecule has 4 rings (SSSR count). The number of carbonyl (C=O) groups excluding carboxylic acids is 2. The molecule has 1 aliphatic rings. The van der Waals surface area contributed by atoms with Crippen molar-refractivity contribution >= 4 is 22.7 Å². The lowest BCUT2D eigenvalue weighted by Crippen LogP contribution is -2.40. The summed E-state index contributed by atoms with van der Waals surface area (Å²) in [5.74, 6) is 0.612. The molecular weight excluding hydrogens is 342 g/mol. The molecule has 1 aromatic heterocycles. The van der Waals surface area contributed by atoms with Gasteiger partial charge in [-0.25, -0.2) is 4.98 Å². The Bertz CT molecular complexity index is 1020. The van der Waals surface area contributed by atoms with Gasteiger partial charge < -0.3 is 14.6 Å². The Balaban J connectivity index is 1.60. The van der Waals surface area contributed by atoms with Crippen molar-refractivity contribution in [3.8, 4) is 5.75 Å². The van der Waals surface area contributed by atoms with E-state index in [1.807, 2.05) is 19.1 Å². The highest BCUT2D eigenvalue weighted by molar-refractivity contribution is 6.05. The third-order valence-corrected chi connectivity index (χ3v) is 5.16. The van der Waals surface area contributed by atoms with Crippen LogP contribution in [0.25, 0.3) is 11.0 Å². The van der Waals surface area contributed by atoms with Crippen molar-refractivity contribution in [2.75, 3.05) is 13.7 Å². The second kappa shape index (κ2) is 6.87. The Morgan fingerprint density at radius 1 is 1.19 bits per heavy atom. The standard InChI is InChI=1S/C21H21N3O3/c1-13-10-14(6-8-19(13)27-2)20(25)18-4-3-9-24(18)21(26)15-5-7-16-17(11-15)23-12-22-16/h5-8,10-12,18H,3-4,9H2,1-2H3,(H,22,23). The van der Waals surface area contributed by atoms with Gasteiger partial charge in [0.1, 0.15) is 5.75 Å². The number of hydrogen-bond donors (Lipinski definition) is 1. The summed E-state index contributed by atoms with van der Waals surface area (Å²) < 4.78 is 5.27. The highest BCUT2D eigenvalue weighted by atomic mass is 16.5. The van der Waals surface area contributed by atoms with Crippen LogP contribution in [0.15, 0.2) is 42.7 Å². The quantitative estimate of drug-likeness (QED) is 0.721. The van der Waals surface area contributed by atoms with Crippen molar-refractivity contribution in [2.45, 2.75) is 25.8 Å². The third kappa shape index (κ3) is 3.07. The Morgan fingerprint density at radius 2 is 2.00 bits per heavy atom. The van der Waals surface area contributed by atoms with Gasteiger partial charge in [-0.05, 0) is 61.7 Å². The summed E-state index contributed by atoms with van der Waals surface area (Å²) >= 11 is 0. The lowest BCUT2D eigenvalue weighted by Gasteiger charge is -2.24. The number of Topliss-reactive ketones (excluding diaryl/α,β-unsaturated/α-hetero) is 1. The van der Waals surface area contributed by atoms with Crippen LogP contribution in [0.5, 0.6) is 5.75 Å². The van der Waals surface area contributed by atoms with E-state index in [1.54, 1.807) is 42.6 Å². The smallest absolute Gasteiger partial charge is 0.254 e. The molecule has 6 nitrogen and oxygen atoms in total. The molecule has 1 amide bonds. The molecule has 1 aliphatic heterocycles. The predicted molar refractivity (Wildman–Crippen MR) is 102 cm³/mol. The molecule has 0 aliphatic carbocycles. The number of amides is 1. The topological polar surface area (TPSA) is 75.3 Å². The second-order valence-corrected chi connectivity index (χ2v) is 6.84. The van der Waals surface area contributed by atoms with Gasteiger partial charge in [0.05, 0.1) is 30.5 Å². The molecule has 6 heteroatoms. The predicted octanol–water partition coefficient (Wildman–Crippen LogP) is 3.37. The number of ether oxygens (including phenoxy) is 1. The molecule has 0 spiro atoms. The summed E-state index contributed by atoms with van der Waals surface area (Å²) in [6, 6.07) is 10.4. The van der Waals surface area contributed by atoms with Crippen LogP contribution in [0.3, 0.4) is 0 Å². The van der Waals surface area contributed by atoms with E-state index in [2.05, 4.69) is 9.97 Å². The molecule has 1 fully saturated rings. The highest BCUT2D eigenvalue weighted by Gasteiger charge is 2.35. The molecular formula is C21H21N3O3. The summed E-state index contributed by atoms with van der Waals surface area (Å²) in [4.78, 5) is 35.0. The Morgan fingerprint density at radius 3 is 2.78 bits per heavy atom. The number of hydrogen-bond acceptors (Lipinski definition) is 4. The zero-order valence-corrected chi connectivity index (χ0v) is 15.4. The number of aryl methyl sites for hydroxylation is 1. The lowest BCUT2D eigenvalue weighted by molar-refractivity contribution is 0.0671. The monoisotopic (exact) mass is 363 g/mol. The van der Waals surface area contributed by atoms with E-state index >= 15 is 0 Å². The molecule has 0 bridgehead atoms. The first-order valence-electron chi connectivity index (χ1n) is 9.01. The van der Waals surface area contributed by atoms with Gasteiger partial charge in [0.15, 0.2) is 5.78 Å². The highest BCUT2D eigenvalue weighted by Crippen LogP contribution is 2.26. The van der Waals surface area contributed by atoms with Gasteiger partial charge in [0, 0.05) is 17.7 Å². The van der Waals surface area contributed by atoms with E-state index in [0.29, 0.717) is 24.1 Å². The second-order valence-electron chi connectivity index (χ2n) is 6.84. The van der Waals surface area contributed by atoms with E-state index in [4.69, 9.17) is 4.74 Å². The van der Waals surface area contributed by atoms with E-state index in [0.717, 1.165) is 28.8 Å². The molecule has 0 saturated carbocycles. The number of nitrogens with zero attached hydrogens (tertiary/aromatic N) is 2. The fraction of sp³-hybridized carbons (Fsp3) is 0.286. The van der Waals surface area contributed by atoms with Gasteiger partial charge >= 0.3 is 0 Å².